The molecule has 5 heteroatoms. The van der Waals surface area contributed by atoms with Crippen LogP contribution in [0.3, 0.4) is 0 Å². The Morgan fingerprint density at radius 3 is 2.42 bits per heavy atom. The first-order chi connectivity index (χ1) is 15.1. The van der Waals surface area contributed by atoms with Gasteiger partial charge in [0.15, 0.2) is 5.78 Å². The Balaban J connectivity index is 1.40. The van der Waals surface area contributed by atoms with E-state index >= 15 is 0 Å². The van der Waals surface area contributed by atoms with Crippen LogP contribution in [0.2, 0.25) is 0 Å². The monoisotopic (exact) mass is 414 g/mol. The summed E-state index contributed by atoms with van der Waals surface area (Å²) in [6.45, 7) is 1.07. The number of hydrogen-bond donors (Lipinski definition) is 1. The van der Waals surface area contributed by atoms with E-state index in [1.807, 2.05) is 60.7 Å². The summed E-state index contributed by atoms with van der Waals surface area (Å²) in [5.41, 5.74) is 3.58. The van der Waals surface area contributed by atoms with E-state index in [9.17, 15) is 9.59 Å². The van der Waals surface area contributed by atoms with Crippen LogP contribution in [0.15, 0.2) is 78.9 Å². The summed E-state index contributed by atoms with van der Waals surface area (Å²) in [4.78, 5) is 27.5. The van der Waals surface area contributed by atoms with Crippen molar-refractivity contribution in [3.05, 3.63) is 84.4 Å². The topological polar surface area (TPSA) is 58.6 Å². The minimum absolute atomic E-state index is 0.0958. The van der Waals surface area contributed by atoms with Gasteiger partial charge in [-0.15, -0.1) is 0 Å². The Morgan fingerprint density at radius 2 is 1.68 bits per heavy atom. The van der Waals surface area contributed by atoms with E-state index in [1.54, 1.807) is 18.1 Å². The molecule has 1 fully saturated rings. The maximum atomic E-state index is 13.1. The van der Waals surface area contributed by atoms with E-state index < -0.39 is 0 Å². The van der Waals surface area contributed by atoms with Crippen LogP contribution in [-0.2, 0) is 0 Å². The third-order valence-corrected chi connectivity index (χ3v) is 5.68. The predicted octanol–water partition coefficient (Wildman–Crippen LogP) is 5.49. The standard InChI is InChI=1S/C26H26N2O3/c1-31-24-11-5-10-23(17-24)27-26(30)28-16-6-9-22(18-28)25(29)21-14-12-20(13-15-21)19-7-3-2-4-8-19/h2-5,7-8,10-15,17,22H,6,9,16,18H2,1H3,(H,27,30)/t22-/m1/s1. The summed E-state index contributed by atoms with van der Waals surface area (Å²) in [7, 11) is 1.59. The van der Waals surface area contributed by atoms with Crippen molar-refractivity contribution in [3.63, 3.8) is 0 Å². The van der Waals surface area contributed by atoms with Crippen molar-refractivity contribution in [1.29, 1.82) is 0 Å². The minimum atomic E-state index is -0.190. The fourth-order valence-electron chi connectivity index (χ4n) is 3.97. The van der Waals surface area contributed by atoms with Gasteiger partial charge in [0.25, 0.3) is 0 Å². The van der Waals surface area contributed by atoms with Gasteiger partial charge in [-0.1, -0.05) is 60.7 Å². The van der Waals surface area contributed by atoms with Crippen LogP contribution in [0.4, 0.5) is 10.5 Å². The lowest BCUT2D eigenvalue weighted by atomic mass is 9.89. The Labute approximate surface area is 182 Å². The molecule has 3 aromatic carbocycles. The number of carbonyl (C=O) groups is 2. The number of benzene rings is 3. The lowest BCUT2D eigenvalue weighted by molar-refractivity contribution is 0.0851. The number of likely N-dealkylation sites (tertiary alicyclic amines) is 1. The Morgan fingerprint density at radius 1 is 0.935 bits per heavy atom. The van der Waals surface area contributed by atoms with E-state index in [2.05, 4.69) is 17.4 Å². The lowest BCUT2D eigenvalue weighted by Crippen LogP contribution is -2.44. The first-order valence-corrected chi connectivity index (χ1v) is 10.5. The fourth-order valence-corrected chi connectivity index (χ4v) is 3.97. The zero-order valence-electron chi connectivity index (χ0n) is 17.6. The summed E-state index contributed by atoms with van der Waals surface area (Å²) in [6, 6.07) is 24.9. The number of urea groups is 1. The zero-order chi connectivity index (χ0) is 21.6. The average Bonchev–Trinajstić information content (AvgIpc) is 2.84. The van der Waals surface area contributed by atoms with Crippen LogP contribution in [0.25, 0.3) is 11.1 Å². The SMILES string of the molecule is COc1cccc(NC(=O)N2CCC[C@@H](C(=O)c3ccc(-c4ccccc4)cc3)C2)c1. The van der Waals surface area contributed by atoms with E-state index in [4.69, 9.17) is 4.74 Å². The van der Waals surface area contributed by atoms with E-state index in [0.717, 1.165) is 24.0 Å². The van der Waals surface area contributed by atoms with Crippen molar-refractivity contribution in [3.8, 4) is 16.9 Å². The number of nitrogens with one attached hydrogen (secondary N) is 1. The minimum Gasteiger partial charge on any atom is -0.497 e. The smallest absolute Gasteiger partial charge is 0.321 e. The van der Waals surface area contributed by atoms with Gasteiger partial charge in [-0.3, -0.25) is 4.79 Å². The van der Waals surface area contributed by atoms with Gasteiger partial charge >= 0.3 is 6.03 Å². The molecule has 3 aromatic rings. The highest BCUT2D eigenvalue weighted by atomic mass is 16.5. The van der Waals surface area contributed by atoms with E-state index in [0.29, 0.717) is 30.1 Å². The molecule has 0 unspecified atom stereocenters. The summed E-state index contributed by atoms with van der Waals surface area (Å²) in [6.07, 6.45) is 1.60. The van der Waals surface area contributed by atoms with Crippen LogP contribution in [0.5, 0.6) is 5.75 Å². The zero-order valence-corrected chi connectivity index (χ0v) is 17.6. The molecule has 1 aliphatic heterocycles. The van der Waals surface area contributed by atoms with Gasteiger partial charge in [-0.25, -0.2) is 4.79 Å². The number of anilines is 1. The molecule has 1 aliphatic rings. The number of ether oxygens (including phenoxy) is 1. The normalized spacial score (nSPS) is 15.9. The molecule has 5 nitrogen and oxygen atoms in total. The van der Waals surface area contributed by atoms with Crippen molar-refractivity contribution in [1.82, 2.24) is 4.90 Å². The second-order valence-electron chi connectivity index (χ2n) is 7.75. The Kier molecular flexibility index (Phi) is 6.32. The van der Waals surface area contributed by atoms with Crippen LogP contribution < -0.4 is 10.1 Å². The van der Waals surface area contributed by atoms with Crippen molar-refractivity contribution >= 4 is 17.5 Å². The highest BCUT2D eigenvalue weighted by Crippen LogP contribution is 2.25. The number of Topliss-reactive ketones (excluding diaryl/α,β-unsaturated/α-hetero) is 1. The molecule has 1 N–H and O–H groups in total. The molecule has 0 saturated carbocycles. The third kappa shape index (κ3) is 4.94. The number of amides is 2. The van der Waals surface area contributed by atoms with Crippen molar-refractivity contribution in [2.75, 3.05) is 25.5 Å². The molecule has 31 heavy (non-hydrogen) atoms. The quantitative estimate of drug-likeness (QED) is 0.562. The number of nitrogens with zero attached hydrogens (tertiary/aromatic N) is 1. The lowest BCUT2D eigenvalue weighted by Gasteiger charge is -2.32. The maximum absolute atomic E-state index is 13.1. The van der Waals surface area contributed by atoms with Gasteiger partial charge in [0.1, 0.15) is 5.75 Å². The third-order valence-electron chi connectivity index (χ3n) is 5.68. The molecule has 0 aromatic heterocycles. The number of rotatable bonds is 5. The highest BCUT2D eigenvalue weighted by molar-refractivity contribution is 5.99. The second kappa shape index (κ2) is 9.47. The first kappa shape index (κ1) is 20.7. The van der Waals surface area contributed by atoms with Crippen LogP contribution in [-0.4, -0.2) is 36.9 Å². The molecule has 1 heterocycles. The predicted molar refractivity (Wildman–Crippen MR) is 123 cm³/mol. The molecule has 1 saturated heterocycles. The number of methoxy groups -OCH3 is 1. The summed E-state index contributed by atoms with van der Waals surface area (Å²) >= 11 is 0. The Hall–Kier alpha value is -3.60. The van der Waals surface area contributed by atoms with E-state index in [-0.39, 0.29) is 17.7 Å². The molecule has 1 atom stereocenters. The van der Waals surface area contributed by atoms with Gasteiger partial charge in [0, 0.05) is 36.3 Å². The Bertz CT molecular complexity index is 1050. The summed E-state index contributed by atoms with van der Waals surface area (Å²) < 4.78 is 5.21. The molecule has 2 amide bonds. The second-order valence-corrected chi connectivity index (χ2v) is 7.75. The number of piperidine rings is 1. The van der Waals surface area contributed by atoms with Gasteiger partial charge in [0.2, 0.25) is 0 Å². The molecule has 0 bridgehead atoms. The number of hydrogen-bond acceptors (Lipinski definition) is 3. The first-order valence-electron chi connectivity index (χ1n) is 10.5. The van der Waals surface area contributed by atoms with Crippen LogP contribution in [0.1, 0.15) is 23.2 Å². The number of carbonyl (C=O) groups excluding carboxylic acids is 2. The molecule has 0 aliphatic carbocycles. The average molecular weight is 415 g/mol. The molecule has 0 spiro atoms. The van der Waals surface area contributed by atoms with Gasteiger partial charge in [-0.05, 0) is 36.1 Å². The number of ketones is 1. The molecule has 158 valence electrons. The summed E-state index contributed by atoms with van der Waals surface area (Å²) in [5.74, 6) is 0.592. The highest BCUT2D eigenvalue weighted by Gasteiger charge is 2.29. The molecule has 4 rings (SSSR count). The molecular weight excluding hydrogens is 388 g/mol. The van der Waals surface area contributed by atoms with Crippen molar-refractivity contribution in [2.45, 2.75) is 12.8 Å². The van der Waals surface area contributed by atoms with Gasteiger partial charge < -0.3 is 15.0 Å². The summed E-state index contributed by atoms with van der Waals surface area (Å²) in [5, 5.41) is 2.91. The fraction of sp³-hybridized carbons (Fsp3) is 0.231. The van der Waals surface area contributed by atoms with Crippen molar-refractivity contribution in [2.24, 2.45) is 5.92 Å². The molecule has 0 radical (unpaired) electrons. The maximum Gasteiger partial charge on any atom is 0.321 e. The van der Waals surface area contributed by atoms with Gasteiger partial charge in [0.05, 0.1) is 7.11 Å². The van der Waals surface area contributed by atoms with Crippen LogP contribution >= 0.6 is 0 Å². The van der Waals surface area contributed by atoms with Crippen LogP contribution in [0, 0.1) is 5.92 Å². The molecular formula is C26H26N2O3. The van der Waals surface area contributed by atoms with E-state index in [1.165, 1.54) is 0 Å². The largest absolute Gasteiger partial charge is 0.497 e. The van der Waals surface area contributed by atoms with Gasteiger partial charge in [-0.2, -0.15) is 0 Å². The van der Waals surface area contributed by atoms with Crippen molar-refractivity contribution < 1.29 is 14.3 Å².